The van der Waals surface area contributed by atoms with Gasteiger partial charge in [0.2, 0.25) is 5.91 Å². The Kier molecular flexibility index (Phi) is 5.15. The molecule has 3 aromatic rings. The molecule has 0 atom stereocenters. The molecule has 0 saturated carbocycles. The van der Waals surface area contributed by atoms with Crippen molar-refractivity contribution in [3.05, 3.63) is 62.7 Å². The minimum atomic E-state index is -0.628. The number of thiazole rings is 1. The Labute approximate surface area is 150 Å². The van der Waals surface area contributed by atoms with E-state index in [0.29, 0.717) is 5.13 Å². The first-order valence-corrected chi connectivity index (χ1v) is 9.35. The Hall–Kier alpha value is -2.65. The quantitative estimate of drug-likeness (QED) is 0.666. The number of aromatic amines is 1. The first kappa shape index (κ1) is 17.2. The van der Waals surface area contributed by atoms with Crippen LogP contribution in [-0.4, -0.2) is 26.7 Å². The van der Waals surface area contributed by atoms with Crippen molar-refractivity contribution in [2.45, 2.75) is 11.4 Å². The lowest BCUT2D eigenvalue weighted by atomic mass is 10.2. The predicted octanol–water partition coefficient (Wildman–Crippen LogP) is 2.02. The lowest BCUT2D eigenvalue weighted by Crippen LogP contribution is -2.32. The lowest BCUT2D eigenvalue weighted by molar-refractivity contribution is -0.116. The minimum Gasteiger partial charge on any atom is -0.300 e. The summed E-state index contributed by atoms with van der Waals surface area (Å²) in [5, 5.41) is 4.96. The second-order valence-corrected chi connectivity index (χ2v) is 6.79. The van der Waals surface area contributed by atoms with Gasteiger partial charge in [-0.3, -0.25) is 19.1 Å². The number of H-pyrrole nitrogens is 1. The molecule has 0 spiro atoms. The molecule has 0 saturated heterocycles. The second kappa shape index (κ2) is 7.49. The largest absolute Gasteiger partial charge is 0.328 e. The number of nitrogens with one attached hydrogen (secondary N) is 2. The van der Waals surface area contributed by atoms with Crippen LogP contribution in [0, 0.1) is 0 Å². The molecule has 1 aromatic carbocycles. The van der Waals surface area contributed by atoms with E-state index < -0.39 is 17.2 Å². The molecule has 0 radical (unpaired) electrons. The van der Waals surface area contributed by atoms with Crippen molar-refractivity contribution >= 4 is 34.1 Å². The van der Waals surface area contributed by atoms with Crippen LogP contribution < -0.4 is 16.6 Å². The zero-order chi connectivity index (χ0) is 17.8. The average molecular weight is 374 g/mol. The molecule has 128 valence electrons. The smallest absolute Gasteiger partial charge is 0.300 e. The van der Waals surface area contributed by atoms with Crippen LogP contribution in [0.25, 0.3) is 11.3 Å². The van der Waals surface area contributed by atoms with Crippen LogP contribution >= 0.6 is 23.1 Å². The predicted molar refractivity (Wildman–Crippen MR) is 99.3 cm³/mol. The fraction of sp³-hybridized carbons (Fsp3) is 0.125. The second-order valence-electron chi connectivity index (χ2n) is 5.05. The van der Waals surface area contributed by atoms with Gasteiger partial charge < -0.3 is 5.32 Å². The van der Waals surface area contributed by atoms with Gasteiger partial charge in [-0.15, -0.1) is 23.1 Å². The van der Waals surface area contributed by atoms with Gasteiger partial charge in [-0.2, -0.15) is 0 Å². The molecule has 0 bridgehead atoms. The number of anilines is 1. The van der Waals surface area contributed by atoms with E-state index in [2.05, 4.69) is 15.3 Å². The third kappa shape index (κ3) is 4.25. The summed E-state index contributed by atoms with van der Waals surface area (Å²) in [5.41, 5.74) is 0.607. The summed E-state index contributed by atoms with van der Waals surface area (Å²) in [6.45, 7) is -0.201. The average Bonchev–Trinajstić information content (AvgIpc) is 3.06. The molecule has 2 N–H and O–H groups in total. The highest BCUT2D eigenvalue weighted by Gasteiger charge is 2.09. The fourth-order valence-electron chi connectivity index (χ4n) is 2.11. The highest BCUT2D eigenvalue weighted by atomic mass is 32.2. The van der Waals surface area contributed by atoms with Crippen LogP contribution in [-0.2, 0) is 11.3 Å². The highest BCUT2D eigenvalue weighted by Crippen LogP contribution is 2.26. The molecular weight excluding hydrogens is 360 g/mol. The number of benzene rings is 1. The number of nitrogens with zero attached hydrogens (tertiary/aromatic N) is 2. The van der Waals surface area contributed by atoms with Crippen molar-refractivity contribution in [3.63, 3.8) is 0 Å². The summed E-state index contributed by atoms with van der Waals surface area (Å²) in [5.74, 6) is -0.396. The Morgan fingerprint density at radius 2 is 2.04 bits per heavy atom. The van der Waals surface area contributed by atoms with Gasteiger partial charge in [0.25, 0.3) is 5.56 Å². The molecule has 0 aliphatic heterocycles. The van der Waals surface area contributed by atoms with Gasteiger partial charge in [0.1, 0.15) is 6.54 Å². The molecule has 3 rings (SSSR count). The van der Waals surface area contributed by atoms with Gasteiger partial charge in [0.15, 0.2) is 5.13 Å². The number of amides is 1. The Balaban J connectivity index is 1.69. The van der Waals surface area contributed by atoms with Gasteiger partial charge in [0, 0.05) is 28.1 Å². The van der Waals surface area contributed by atoms with E-state index in [-0.39, 0.29) is 6.54 Å². The molecule has 25 heavy (non-hydrogen) atoms. The molecule has 1 amide bonds. The maximum absolute atomic E-state index is 12.0. The number of thioether (sulfide) groups is 1. The zero-order valence-corrected chi connectivity index (χ0v) is 14.8. The summed E-state index contributed by atoms with van der Waals surface area (Å²) in [4.78, 5) is 42.3. The van der Waals surface area contributed by atoms with Gasteiger partial charge in [-0.25, -0.2) is 9.78 Å². The van der Waals surface area contributed by atoms with Gasteiger partial charge >= 0.3 is 5.69 Å². The SMILES string of the molecule is CSc1ccc(-c2csc(NC(=O)Cn3ccc(=O)[nH]c3=O)n2)cc1. The maximum atomic E-state index is 12.0. The third-order valence-corrected chi connectivity index (χ3v) is 4.85. The van der Waals surface area contributed by atoms with E-state index in [9.17, 15) is 14.4 Å². The van der Waals surface area contributed by atoms with E-state index in [1.807, 2.05) is 35.9 Å². The molecular formula is C16H14N4O3S2. The van der Waals surface area contributed by atoms with Crippen LogP contribution in [0.2, 0.25) is 0 Å². The minimum absolute atomic E-state index is 0.201. The normalized spacial score (nSPS) is 10.6. The Bertz CT molecular complexity index is 1000. The molecule has 2 heterocycles. The summed E-state index contributed by atoms with van der Waals surface area (Å²) >= 11 is 2.97. The van der Waals surface area contributed by atoms with Crippen LogP contribution in [0.5, 0.6) is 0 Å². The Morgan fingerprint density at radius 1 is 1.28 bits per heavy atom. The Morgan fingerprint density at radius 3 is 2.72 bits per heavy atom. The first-order valence-electron chi connectivity index (χ1n) is 7.25. The topological polar surface area (TPSA) is 96.9 Å². The van der Waals surface area contributed by atoms with E-state index in [4.69, 9.17) is 0 Å². The summed E-state index contributed by atoms with van der Waals surface area (Å²) < 4.78 is 1.12. The van der Waals surface area contributed by atoms with E-state index in [1.165, 1.54) is 28.5 Å². The van der Waals surface area contributed by atoms with Crippen molar-refractivity contribution in [1.29, 1.82) is 0 Å². The number of rotatable bonds is 5. The lowest BCUT2D eigenvalue weighted by Gasteiger charge is -2.04. The third-order valence-electron chi connectivity index (χ3n) is 3.35. The zero-order valence-electron chi connectivity index (χ0n) is 13.2. The van der Waals surface area contributed by atoms with E-state index in [1.54, 1.807) is 11.8 Å². The van der Waals surface area contributed by atoms with Crippen LogP contribution in [0.4, 0.5) is 5.13 Å². The van der Waals surface area contributed by atoms with Crippen molar-refractivity contribution in [1.82, 2.24) is 14.5 Å². The number of hydrogen-bond acceptors (Lipinski definition) is 6. The number of aromatic nitrogens is 3. The molecule has 0 aliphatic carbocycles. The molecule has 0 unspecified atom stereocenters. The first-order chi connectivity index (χ1) is 12.0. The summed E-state index contributed by atoms with van der Waals surface area (Å²) in [6, 6.07) is 9.17. The molecule has 0 aliphatic rings. The molecule has 7 nitrogen and oxygen atoms in total. The molecule has 2 aromatic heterocycles. The highest BCUT2D eigenvalue weighted by molar-refractivity contribution is 7.98. The van der Waals surface area contributed by atoms with Crippen molar-refractivity contribution in [2.75, 3.05) is 11.6 Å². The van der Waals surface area contributed by atoms with Gasteiger partial charge in [0.05, 0.1) is 5.69 Å². The summed E-state index contributed by atoms with van der Waals surface area (Å²) in [7, 11) is 0. The monoisotopic (exact) mass is 374 g/mol. The van der Waals surface area contributed by atoms with Gasteiger partial charge in [-0.1, -0.05) is 12.1 Å². The van der Waals surface area contributed by atoms with Crippen molar-refractivity contribution in [2.24, 2.45) is 0 Å². The van der Waals surface area contributed by atoms with E-state index in [0.717, 1.165) is 15.8 Å². The number of hydrogen-bond donors (Lipinski definition) is 2. The van der Waals surface area contributed by atoms with Crippen LogP contribution in [0.3, 0.4) is 0 Å². The number of carbonyl (C=O) groups is 1. The van der Waals surface area contributed by atoms with Crippen LogP contribution in [0.1, 0.15) is 0 Å². The van der Waals surface area contributed by atoms with Gasteiger partial charge in [-0.05, 0) is 18.4 Å². The van der Waals surface area contributed by atoms with Crippen molar-refractivity contribution in [3.8, 4) is 11.3 Å². The molecule has 9 heteroatoms. The standard InChI is InChI=1S/C16H14N4O3S2/c1-24-11-4-2-10(3-5-11)12-9-25-15(17-12)18-14(22)8-20-7-6-13(21)19-16(20)23/h2-7,9H,8H2,1H3,(H,17,18,22)(H,19,21,23). The molecule has 0 fully saturated rings. The maximum Gasteiger partial charge on any atom is 0.328 e. The van der Waals surface area contributed by atoms with Crippen LogP contribution in [0.15, 0.2) is 56.4 Å². The van der Waals surface area contributed by atoms with E-state index >= 15 is 0 Å². The summed E-state index contributed by atoms with van der Waals surface area (Å²) in [6.07, 6.45) is 3.29. The number of carbonyl (C=O) groups excluding carboxylic acids is 1. The fourth-order valence-corrected chi connectivity index (χ4v) is 3.25. The van der Waals surface area contributed by atoms with Crippen molar-refractivity contribution < 1.29 is 4.79 Å².